The fraction of sp³-hybridized carbons (Fsp3) is 0.500. The van der Waals surface area contributed by atoms with Gasteiger partial charge in [0.1, 0.15) is 6.07 Å². The van der Waals surface area contributed by atoms with E-state index in [1.165, 1.54) is 25.7 Å². The van der Waals surface area contributed by atoms with E-state index in [0.717, 1.165) is 21.0 Å². The lowest BCUT2D eigenvalue weighted by Crippen LogP contribution is -2.27. The molecule has 0 bridgehead atoms. The molecule has 0 spiro atoms. The van der Waals surface area contributed by atoms with E-state index >= 15 is 0 Å². The second-order valence-corrected chi connectivity index (χ2v) is 6.71. The van der Waals surface area contributed by atoms with Crippen molar-refractivity contribution in [3.63, 3.8) is 0 Å². The molecule has 18 heavy (non-hydrogen) atoms. The Morgan fingerprint density at radius 3 is 2.67 bits per heavy atom. The van der Waals surface area contributed by atoms with Crippen molar-refractivity contribution in [2.24, 2.45) is 0 Å². The van der Waals surface area contributed by atoms with E-state index in [2.05, 4.69) is 33.6 Å². The van der Waals surface area contributed by atoms with E-state index in [4.69, 9.17) is 5.26 Å². The van der Waals surface area contributed by atoms with Gasteiger partial charge in [0.05, 0.1) is 11.3 Å². The SMILES string of the molecule is CSC1CCC(Nc2cc(Br)ccc2C#N)CC1. The molecular formula is C14H17BrN2S. The van der Waals surface area contributed by atoms with Gasteiger partial charge in [0.15, 0.2) is 0 Å². The molecular weight excluding hydrogens is 308 g/mol. The van der Waals surface area contributed by atoms with Crippen LogP contribution in [0.2, 0.25) is 0 Å². The van der Waals surface area contributed by atoms with Gasteiger partial charge in [-0.2, -0.15) is 17.0 Å². The minimum Gasteiger partial charge on any atom is -0.381 e. The standard InChI is InChI=1S/C14H17BrN2S/c1-18-13-6-4-12(5-7-13)17-14-8-11(15)3-2-10(14)9-16/h2-3,8,12-13,17H,4-7H2,1H3. The van der Waals surface area contributed by atoms with Crippen LogP contribution < -0.4 is 5.32 Å². The van der Waals surface area contributed by atoms with Gasteiger partial charge in [-0.3, -0.25) is 0 Å². The van der Waals surface area contributed by atoms with Gasteiger partial charge in [0.25, 0.3) is 0 Å². The zero-order valence-corrected chi connectivity index (χ0v) is 12.9. The summed E-state index contributed by atoms with van der Waals surface area (Å²) in [6, 6.07) is 8.53. The highest BCUT2D eigenvalue weighted by Crippen LogP contribution is 2.30. The number of hydrogen-bond acceptors (Lipinski definition) is 3. The quantitative estimate of drug-likeness (QED) is 0.894. The minimum atomic E-state index is 0.509. The van der Waals surface area contributed by atoms with Crippen molar-refractivity contribution in [2.45, 2.75) is 37.0 Å². The lowest BCUT2D eigenvalue weighted by molar-refractivity contribution is 0.473. The van der Waals surface area contributed by atoms with E-state index < -0.39 is 0 Å². The molecule has 2 rings (SSSR count). The van der Waals surface area contributed by atoms with Crippen molar-refractivity contribution in [2.75, 3.05) is 11.6 Å². The van der Waals surface area contributed by atoms with Gasteiger partial charge in [-0.15, -0.1) is 0 Å². The van der Waals surface area contributed by atoms with Gasteiger partial charge in [-0.25, -0.2) is 0 Å². The molecule has 0 aromatic heterocycles. The predicted octanol–water partition coefficient (Wildman–Crippen LogP) is 4.41. The van der Waals surface area contributed by atoms with Gasteiger partial charge in [-0.05, 0) is 50.1 Å². The lowest BCUT2D eigenvalue weighted by Gasteiger charge is -2.29. The molecule has 0 unspecified atom stereocenters. The molecule has 96 valence electrons. The molecule has 1 aliphatic carbocycles. The van der Waals surface area contributed by atoms with Crippen LogP contribution in [0.15, 0.2) is 22.7 Å². The minimum absolute atomic E-state index is 0.509. The number of nitrogens with one attached hydrogen (secondary N) is 1. The average Bonchev–Trinajstić information content (AvgIpc) is 2.40. The van der Waals surface area contributed by atoms with E-state index in [-0.39, 0.29) is 0 Å². The number of halogens is 1. The monoisotopic (exact) mass is 324 g/mol. The summed E-state index contributed by atoms with van der Waals surface area (Å²) < 4.78 is 1.02. The number of anilines is 1. The summed E-state index contributed by atoms with van der Waals surface area (Å²) >= 11 is 5.43. The van der Waals surface area contributed by atoms with Crippen LogP contribution in [-0.2, 0) is 0 Å². The van der Waals surface area contributed by atoms with Crippen molar-refractivity contribution in [1.29, 1.82) is 5.26 Å². The third-order valence-electron chi connectivity index (χ3n) is 3.47. The molecule has 1 fully saturated rings. The summed E-state index contributed by atoms with van der Waals surface area (Å²) in [5.74, 6) is 0. The Labute approximate surface area is 121 Å². The lowest BCUT2D eigenvalue weighted by atomic mass is 9.94. The molecule has 1 saturated carbocycles. The second kappa shape index (κ2) is 6.49. The Balaban J connectivity index is 2.02. The van der Waals surface area contributed by atoms with Crippen LogP contribution in [-0.4, -0.2) is 17.5 Å². The van der Waals surface area contributed by atoms with Crippen LogP contribution >= 0.6 is 27.7 Å². The van der Waals surface area contributed by atoms with Gasteiger partial charge in [-0.1, -0.05) is 15.9 Å². The molecule has 0 aliphatic heterocycles. The van der Waals surface area contributed by atoms with Crippen molar-refractivity contribution in [1.82, 2.24) is 0 Å². The van der Waals surface area contributed by atoms with Gasteiger partial charge in [0, 0.05) is 15.8 Å². The highest BCUT2D eigenvalue weighted by molar-refractivity contribution is 9.10. The van der Waals surface area contributed by atoms with Crippen molar-refractivity contribution in [3.05, 3.63) is 28.2 Å². The van der Waals surface area contributed by atoms with E-state index in [9.17, 15) is 0 Å². The largest absolute Gasteiger partial charge is 0.381 e. The third kappa shape index (κ3) is 3.43. The first-order valence-electron chi connectivity index (χ1n) is 6.22. The zero-order chi connectivity index (χ0) is 13.0. The summed E-state index contributed by atoms with van der Waals surface area (Å²) in [6.07, 6.45) is 7.13. The molecule has 1 aliphatic rings. The molecule has 0 radical (unpaired) electrons. The maximum atomic E-state index is 9.11. The van der Waals surface area contributed by atoms with Crippen LogP contribution in [0.5, 0.6) is 0 Å². The first kappa shape index (κ1) is 13.8. The fourth-order valence-electron chi connectivity index (χ4n) is 2.40. The van der Waals surface area contributed by atoms with Crippen LogP contribution in [0.25, 0.3) is 0 Å². The normalized spacial score (nSPS) is 23.4. The first-order valence-corrected chi connectivity index (χ1v) is 8.30. The van der Waals surface area contributed by atoms with Crippen molar-refractivity contribution < 1.29 is 0 Å². The Kier molecular flexibility index (Phi) is 4.96. The van der Waals surface area contributed by atoms with Crippen molar-refractivity contribution >= 4 is 33.4 Å². The fourth-order valence-corrected chi connectivity index (χ4v) is 3.50. The van der Waals surface area contributed by atoms with E-state index in [1.54, 1.807) is 0 Å². The maximum absolute atomic E-state index is 9.11. The number of rotatable bonds is 3. The Morgan fingerprint density at radius 2 is 2.06 bits per heavy atom. The Morgan fingerprint density at radius 1 is 1.33 bits per heavy atom. The predicted molar refractivity (Wildman–Crippen MR) is 82.0 cm³/mol. The molecule has 0 heterocycles. The summed E-state index contributed by atoms with van der Waals surface area (Å²) in [5, 5.41) is 13.5. The van der Waals surface area contributed by atoms with Crippen LogP contribution in [0, 0.1) is 11.3 Å². The smallest absolute Gasteiger partial charge is 0.101 e. The summed E-state index contributed by atoms with van der Waals surface area (Å²) in [7, 11) is 0. The molecule has 1 N–H and O–H groups in total. The van der Waals surface area contributed by atoms with Crippen LogP contribution in [0.1, 0.15) is 31.2 Å². The second-order valence-electron chi connectivity index (χ2n) is 4.66. The number of benzene rings is 1. The molecule has 0 amide bonds. The number of hydrogen-bond donors (Lipinski definition) is 1. The van der Waals surface area contributed by atoms with Crippen molar-refractivity contribution in [3.8, 4) is 6.07 Å². The van der Waals surface area contributed by atoms with E-state index in [1.807, 2.05) is 30.0 Å². The van der Waals surface area contributed by atoms with E-state index in [0.29, 0.717) is 6.04 Å². The number of thioether (sulfide) groups is 1. The summed E-state index contributed by atoms with van der Waals surface area (Å²) in [5.41, 5.74) is 1.68. The molecule has 0 saturated heterocycles. The molecule has 4 heteroatoms. The summed E-state index contributed by atoms with van der Waals surface area (Å²) in [4.78, 5) is 0. The molecule has 0 atom stereocenters. The third-order valence-corrected chi connectivity index (χ3v) is 5.10. The average molecular weight is 325 g/mol. The first-order chi connectivity index (χ1) is 8.72. The van der Waals surface area contributed by atoms with Gasteiger partial charge in [0.2, 0.25) is 0 Å². The van der Waals surface area contributed by atoms with Gasteiger partial charge >= 0.3 is 0 Å². The Bertz CT molecular complexity index is 448. The summed E-state index contributed by atoms with van der Waals surface area (Å²) in [6.45, 7) is 0. The molecule has 2 nitrogen and oxygen atoms in total. The van der Waals surface area contributed by atoms with Crippen LogP contribution in [0.4, 0.5) is 5.69 Å². The number of nitrogens with zero attached hydrogens (tertiary/aromatic N) is 1. The highest BCUT2D eigenvalue weighted by Gasteiger charge is 2.20. The molecule has 1 aromatic carbocycles. The Hall–Kier alpha value is -0.660. The number of nitriles is 1. The van der Waals surface area contributed by atoms with Gasteiger partial charge < -0.3 is 5.32 Å². The van der Waals surface area contributed by atoms with Crippen LogP contribution in [0.3, 0.4) is 0 Å². The maximum Gasteiger partial charge on any atom is 0.101 e. The highest BCUT2D eigenvalue weighted by atomic mass is 79.9. The zero-order valence-electron chi connectivity index (χ0n) is 10.4. The molecule has 1 aromatic rings. The topological polar surface area (TPSA) is 35.8 Å².